The van der Waals surface area contributed by atoms with Gasteiger partial charge in [-0.15, -0.1) is 11.3 Å². The Labute approximate surface area is 145 Å². The molecule has 0 bridgehead atoms. The van der Waals surface area contributed by atoms with Crippen LogP contribution in [0.4, 0.5) is 0 Å². The Balaban J connectivity index is 1.97. The normalized spacial score (nSPS) is 12.1. The SMILES string of the molecule is CCCc1cccc2c3cc4sc5ccccc5c4cc3n(C)c12. The number of fused-ring (bicyclic) bond motifs is 6. The van der Waals surface area contributed by atoms with E-state index >= 15 is 0 Å². The van der Waals surface area contributed by atoms with E-state index < -0.39 is 0 Å². The number of nitrogens with zero attached hydrogens (tertiary/aromatic N) is 1. The minimum atomic E-state index is 1.14. The fourth-order valence-corrected chi connectivity index (χ4v) is 5.18. The van der Waals surface area contributed by atoms with Crippen molar-refractivity contribution in [1.29, 1.82) is 0 Å². The average molecular weight is 329 g/mol. The van der Waals surface area contributed by atoms with Crippen molar-refractivity contribution in [2.75, 3.05) is 0 Å². The summed E-state index contributed by atoms with van der Waals surface area (Å²) < 4.78 is 5.15. The molecule has 5 rings (SSSR count). The van der Waals surface area contributed by atoms with Gasteiger partial charge in [-0.1, -0.05) is 49.7 Å². The first-order chi connectivity index (χ1) is 11.8. The van der Waals surface area contributed by atoms with E-state index in [1.54, 1.807) is 0 Å². The molecule has 1 nitrogen and oxygen atoms in total. The van der Waals surface area contributed by atoms with E-state index in [1.807, 2.05) is 11.3 Å². The molecule has 0 fully saturated rings. The zero-order valence-electron chi connectivity index (χ0n) is 14.0. The predicted molar refractivity (Wildman–Crippen MR) is 107 cm³/mol. The summed E-state index contributed by atoms with van der Waals surface area (Å²) in [4.78, 5) is 0. The van der Waals surface area contributed by atoms with Gasteiger partial charge in [0.2, 0.25) is 0 Å². The molecule has 24 heavy (non-hydrogen) atoms. The van der Waals surface area contributed by atoms with Crippen molar-refractivity contribution in [2.24, 2.45) is 7.05 Å². The summed E-state index contributed by atoms with van der Waals surface area (Å²) in [5.41, 5.74) is 4.20. The van der Waals surface area contributed by atoms with Crippen LogP contribution in [-0.2, 0) is 13.5 Å². The van der Waals surface area contributed by atoms with E-state index in [4.69, 9.17) is 0 Å². The van der Waals surface area contributed by atoms with Crippen LogP contribution >= 0.6 is 11.3 Å². The second-order valence-electron chi connectivity index (χ2n) is 6.59. The summed E-state index contributed by atoms with van der Waals surface area (Å²) >= 11 is 1.90. The fourth-order valence-electron chi connectivity index (χ4n) is 4.05. The third-order valence-electron chi connectivity index (χ3n) is 5.12. The van der Waals surface area contributed by atoms with E-state index in [2.05, 4.69) is 73.1 Å². The molecule has 3 aromatic carbocycles. The van der Waals surface area contributed by atoms with Gasteiger partial charge >= 0.3 is 0 Å². The Morgan fingerprint density at radius 2 is 1.67 bits per heavy atom. The highest BCUT2D eigenvalue weighted by Crippen LogP contribution is 2.39. The topological polar surface area (TPSA) is 4.93 Å². The van der Waals surface area contributed by atoms with Crippen LogP contribution in [0.1, 0.15) is 18.9 Å². The van der Waals surface area contributed by atoms with E-state index in [0.717, 1.165) is 6.42 Å². The van der Waals surface area contributed by atoms with Crippen molar-refractivity contribution < 1.29 is 0 Å². The number of hydrogen-bond donors (Lipinski definition) is 0. The molecule has 2 heteroatoms. The summed E-state index contributed by atoms with van der Waals surface area (Å²) in [6.45, 7) is 2.25. The lowest BCUT2D eigenvalue weighted by molar-refractivity contribution is 0.912. The van der Waals surface area contributed by atoms with E-state index in [0.29, 0.717) is 0 Å². The monoisotopic (exact) mass is 329 g/mol. The van der Waals surface area contributed by atoms with E-state index in [9.17, 15) is 0 Å². The summed E-state index contributed by atoms with van der Waals surface area (Å²) in [5, 5.41) is 5.52. The van der Waals surface area contributed by atoms with Crippen LogP contribution in [0.3, 0.4) is 0 Å². The molecule has 0 unspecified atom stereocenters. The highest BCUT2D eigenvalue weighted by atomic mass is 32.1. The first-order valence-electron chi connectivity index (χ1n) is 8.59. The highest BCUT2D eigenvalue weighted by Gasteiger charge is 2.14. The van der Waals surface area contributed by atoms with Gasteiger partial charge in [-0.05, 0) is 30.2 Å². The van der Waals surface area contributed by atoms with Gasteiger partial charge in [0.15, 0.2) is 0 Å². The minimum absolute atomic E-state index is 1.14. The molecule has 0 saturated heterocycles. The molecule has 2 heterocycles. The van der Waals surface area contributed by atoms with Crippen LogP contribution in [0.5, 0.6) is 0 Å². The van der Waals surface area contributed by atoms with Crippen molar-refractivity contribution in [2.45, 2.75) is 19.8 Å². The van der Waals surface area contributed by atoms with Gasteiger partial charge in [0.25, 0.3) is 0 Å². The Morgan fingerprint density at radius 1 is 0.833 bits per heavy atom. The van der Waals surface area contributed by atoms with Gasteiger partial charge in [0.1, 0.15) is 0 Å². The first-order valence-corrected chi connectivity index (χ1v) is 9.41. The summed E-state index contributed by atoms with van der Waals surface area (Å²) in [6, 6.07) is 20.3. The number of aromatic nitrogens is 1. The summed E-state index contributed by atoms with van der Waals surface area (Å²) in [6.07, 6.45) is 2.32. The molecule has 0 aliphatic rings. The van der Waals surface area contributed by atoms with Crippen LogP contribution < -0.4 is 0 Å². The van der Waals surface area contributed by atoms with Crippen LogP contribution in [0.2, 0.25) is 0 Å². The molecule has 0 aliphatic heterocycles. The maximum atomic E-state index is 2.40. The number of rotatable bonds is 2. The molecule has 0 radical (unpaired) electrons. The van der Waals surface area contributed by atoms with Crippen LogP contribution in [0.25, 0.3) is 42.0 Å². The molecule has 0 saturated carbocycles. The zero-order chi connectivity index (χ0) is 16.3. The Kier molecular flexibility index (Phi) is 2.98. The first kappa shape index (κ1) is 14.1. The summed E-state index contributed by atoms with van der Waals surface area (Å²) in [7, 11) is 2.21. The molecular formula is C22H19NS. The van der Waals surface area contributed by atoms with Gasteiger partial charge in [0, 0.05) is 43.5 Å². The molecule has 0 atom stereocenters. The molecule has 2 aromatic heterocycles. The molecule has 0 aliphatic carbocycles. The van der Waals surface area contributed by atoms with Crippen molar-refractivity contribution in [1.82, 2.24) is 4.57 Å². The maximum absolute atomic E-state index is 2.40. The fraction of sp³-hybridized carbons (Fsp3) is 0.182. The largest absolute Gasteiger partial charge is 0.343 e. The van der Waals surface area contributed by atoms with Crippen molar-refractivity contribution >= 4 is 53.3 Å². The van der Waals surface area contributed by atoms with Gasteiger partial charge in [0.05, 0.1) is 5.52 Å². The Hall–Kier alpha value is -2.32. The van der Waals surface area contributed by atoms with E-state index in [1.165, 1.54) is 54.0 Å². The smallest absolute Gasteiger partial charge is 0.0521 e. The predicted octanol–water partition coefficient (Wildman–Crippen LogP) is 6.65. The average Bonchev–Trinajstić information content (AvgIpc) is 3.10. The van der Waals surface area contributed by atoms with Crippen LogP contribution in [0, 0.1) is 0 Å². The number of aryl methyl sites for hydroxylation is 2. The third kappa shape index (κ3) is 1.81. The second kappa shape index (κ2) is 5.09. The summed E-state index contributed by atoms with van der Waals surface area (Å²) in [5.74, 6) is 0. The van der Waals surface area contributed by atoms with Gasteiger partial charge < -0.3 is 4.57 Å². The minimum Gasteiger partial charge on any atom is -0.343 e. The highest BCUT2D eigenvalue weighted by molar-refractivity contribution is 7.25. The van der Waals surface area contributed by atoms with Crippen molar-refractivity contribution in [3.05, 3.63) is 60.2 Å². The lowest BCUT2D eigenvalue weighted by atomic mass is 10.0. The molecule has 0 amide bonds. The maximum Gasteiger partial charge on any atom is 0.0521 e. The Morgan fingerprint density at radius 3 is 2.54 bits per heavy atom. The van der Waals surface area contributed by atoms with Crippen molar-refractivity contribution in [3.63, 3.8) is 0 Å². The number of para-hydroxylation sites is 1. The molecule has 5 aromatic rings. The van der Waals surface area contributed by atoms with Crippen molar-refractivity contribution in [3.8, 4) is 0 Å². The van der Waals surface area contributed by atoms with Gasteiger partial charge in [-0.2, -0.15) is 0 Å². The third-order valence-corrected chi connectivity index (χ3v) is 6.25. The van der Waals surface area contributed by atoms with Crippen LogP contribution in [0.15, 0.2) is 54.6 Å². The molecule has 0 spiro atoms. The zero-order valence-corrected chi connectivity index (χ0v) is 14.8. The lowest BCUT2D eigenvalue weighted by Crippen LogP contribution is -1.92. The quantitative estimate of drug-likeness (QED) is 0.341. The van der Waals surface area contributed by atoms with Gasteiger partial charge in [-0.3, -0.25) is 0 Å². The second-order valence-corrected chi connectivity index (χ2v) is 7.67. The van der Waals surface area contributed by atoms with Crippen LogP contribution in [-0.4, -0.2) is 4.57 Å². The Bertz CT molecular complexity index is 1220. The van der Waals surface area contributed by atoms with E-state index in [-0.39, 0.29) is 0 Å². The standard InChI is InChI=1S/C22H19NS/c1-3-7-14-8-6-10-16-17-13-21-18(12-19(17)23(2)22(14)16)15-9-4-5-11-20(15)24-21/h4-6,8-13H,3,7H2,1-2H3. The molecule has 0 N–H and O–H groups in total. The number of hydrogen-bond acceptors (Lipinski definition) is 1. The number of thiophene rings is 1. The molecule has 118 valence electrons. The molecular weight excluding hydrogens is 310 g/mol. The van der Waals surface area contributed by atoms with Gasteiger partial charge in [-0.25, -0.2) is 0 Å². The lowest BCUT2D eigenvalue weighted by Gasteiger charge is -2.04. The number of benzene rings is 3.